The molecule has 0 aliphatic heterocycles. The fourth-order valence-electron chi connectivity index (χ4n) is 1.38. The van der Waals surface area contributed by atoms with Crippen molar-refractivity contribution in [2.75, 3.05) is 0 Å². The van der Waals surface area contributed by atoms with Crippen LogP contribution in [0.2, 0.25) is 10.0 Å². The summed E-state index contributed by atoms with van der Waals surface area (Å²) in [4.78, 5) is 11.2. The number of carbonyl (C=O) groups is 1. The molecule has 0 aromatic heterocycles. The lowest BCUT2D eigenvalue weighted by atomic mass is 9.95. The minimum absolute atomic E-state index is 0.0960. The molecule has 1 atom stereocenters. The minimum Gasteiger partial charge on any atom is -0.298 e. The van der Waals surface area contributed by atoms with Gasteiger partial charge in [-0.15, -0.1) is 0 Å². The summed E-state index contributed by atoms with van der Waals surface area (Å²) in [6, 6.07) is 2.96. The van der Waals surface area contributed by atoms with Gasteiger partial charge in [0.2, 0.25) is 0 Å². The van der Waals surface area contributed by atoms with Crippen molar-refractivity contribution in [3.63, 3.8) is 0 Å². The molecule has 0 aliphatic rings. The first kappa shape index (κ1) is 14.8. The molecule has 0 amide bonds. The molecule has 2 nitrogen and oxygen atoms in total. The largest absolute Gasteiger partial charge is 0.416 e. The number of ketones is 1. The van der Waals surface area contributed by atoms with E-state index in [1.165, 1.54) is 0 Å². The standard InChI is InChI=1S/C11H6Cl2F3NO/c1-5(18)7(4-17)10-8(12)2-6(3-9(10)13)11(14,15)16/h2-3,7H,1H3. The third-order valence-electron chi connectivity index (χ3n) is 2.23. The molecule has 0 N–H and O–H groups in total. The molecule has 1 aromatic rings. The van der Waals surface area contributed by atoms with Gasteiger partial charge in [-0.3, -0.25) is 4.79 Å². The Hall–Kier alpha value is -1.25. The molecule has 0 fully saturated rings. The Labute approximate surface area is 111 Å². The van der Waals surface area contributed by atoms with E-state index in [0.717, 1.165) is 6.92 Å². The van der Waals surface area contributed by atoms with Gasteiger partial charge in [-0.2, -0.15) is 18.4 Å². The second-order valence-electron chi connectivity index (χ2n) is 3.52. The SMILES string of the molecule is CC(=O)C(C#N)c1c(Cl)cc(C(F)(F)F)cc1Cl. The first-order valence-corrected chi connectivity index (χ1v) is 5.40. The lowest BCUT2D eigenvalue weighted by Crippen LogP contribution is -2.10. The first-order valence-electron chi connectivity index (χ1n) is 4.64. The Morgan fingerprint density at radius 3 is 2.06 bits per heavy atom. The van der Waals surface area contributed by atoms with Crippen molar-refractivity contribution >= 4 is 29.0 Å². The van der Waals surface area contributed by atoms with Crippen LogP contribution in [-0.4, -0.2) is 5.78 Å². The van der Waals surface area contributed by atoms with Crippen LogP contribution in [0.3, 0.4) is 0 Å². The molecule has 0 saturated heterocycles. The molecule has 0 spiro atoms. The van der Waals surface area contributed by atoms with Crippen LogP contribution < -0.4 is 0 Å². The van der Waals surface area contributed by atoms with Gasteiger partial charge in [0.1, 0.15) is 5.92 Å². The lowest BCUT2D eigenvalue weighted by molar-refractivity contribution is -0.137. The highest BCUT2D eigenvalue weighted by Gasteiger charge is 2.33. The molecular weight excluding hydrogens is 290 g/mol. The lowest BCUT2D eigenvalue weighted by Gasteiger charge is -2.14. The van der Waals surface area contributed by atoms with Crippen LogP contribution >= 0.6 is 23.2 Å². The Bertz CT molecular complexity index is 511. The minimum atomic E-state index is -4.59. The van der Waals surface area contributed by atoms with Gasteiger partial charge in [0.25, 0.3) is 0 Å². The van der Waals surface area contributed by atoms with Crippen molar-refractivity contribution in [1.29, 1.82) is 5.26 Å². The summed E-state index contributed by atoms with van der Waals surface area (Å²) in [5.41, 5.74) is -1.12. The number of benzene rings is 1. The summed E-state index contributed by atoms with van der Waals surface area (Å²) in [5, 5.41) is 8.12. The molecule has 18 heavy (non-hydrogen) atoms. The second kappa shape index (κ2) is 5.17. The highest BCUT2D eigenvalue weighted by atomic mass is 35.5. The Balaban J connectivity index is 3.43. The fraction of sp³-hybridized carbons (Fsp3) is 0.273. The van der Waals surface area contributed by atoms with Gasteiger partial charge in [0.05, 0.1) is 11.6 Å². The molecule has 7 heteroatoms. The zero-order valence-electron chi connectivity index (χ0n) is 8.98. The van der Waals surface area contributed by atoms with Crippen molar-refractivity contribution in [3.8, 4) is 6.07 Å². The van der Waals surface area contributed by atoms with E-state index in [1.807, 2.05) is 0 Å². The Kier molecular flexibility index (Phi) is 4.25. The molecule has 1 rings (SSSR count). The molecule has 1 unspecified atom stereocenters. The highest BCUT2D eigenvalue weighted by molar-refractivity contribution is 6.36. The third-order valence-corrected chi connectivity index (χ3v) is 2.86. The summed E-state index contributed by atoms with van der Waals surface area (Å²) in [7, 11) is 0. The van der Waals surface area contributed by atoms with Crippen LogP contribution in [-0.2, 0) is 11.0 Å². The maximum Gasteiger partial charge on any atom is 0.416 e. The normalized spacial score (nSPS) is 12.9. The number of carbonyl (C=O) groups excluding carboxylic acids is 1. The van der Waals surface area contributed by atoms with Crippen molar-refractivity contribution in [2.24, 2.45) is 0 Å². The van der Waals surface area contributed by atoms with Crippen LogP contribution in [0.5, 0.6) is 0 Å². The number of alkyl halides is 3. The molecule has 1 aromatic carbocycles. The number of nitrogens with zero attached hydrogens (tertiary/aromatic N) is 1. The van der Waals surface area contributed by atoms with Gasteiger partial charge < -0.3 is 0 Å². The predicted molar refractivity (Wildman–Crippen MR) is 60.5 cm³/mol. The summed E-state index contributed by atoms with van der Waals surface area (Å²) in [6.07, 6.45) is -4.59. The van der Waals surface area contributed by atoms with Gasteiger partial charge in [0.15, 0.2) is 5.78 Å². The number of halogens is 5. The topological polar surface area (TPSA) is 40.9 Å². The predicted octanol–water partition coefficient (Wildman–Crippen LogP) is 4.21. The summed E-state index contributed by atoms with van der Waals surface area (Å²) in [6.45, 7) is 1.14. The Morgan fingerprint density at radius 2 is 1.78 bits per heavy atom. The van der Waals surface area contributed by atoms with E-state index in [2.05, 4.69) is 0 Å². The third kappa shape index (κ3) is 2.95. The smallest absolute Gasteiger partial charge is 0.298 e. The van der Waals surface area contributed by atoms with Crippen molar-refractivity contribution in [1.82, 2.24) is 0 Å². The zero-order valence-corrected chi connectivity index (χ0v) is 10.5. The van der Waals surface area contributed by atoms with E-state index in [4.69, 9.17) is 28.5 Å². The number of hydrogen-bond acceptors (Lipinski definition) is 2. The van der Waals surface area contributed by atoms with Crippen LogP contribution in [0.1, 0.15) is 24.0 Å². The second-order valence-corrected chi connectivity index (χ2v) is 4.34. The molecule has 0 radical (unpaired) electrons. The summed E-state index contributed by atoms with van der Waals surface area (Å²) >= 11 is 11.3. The average Bonchev–Trinajstić information content (AvgIpc) is 2.20. The maximum absolute atomic E-state index is 12.5. The summed E-state index contributed by atoms with van der Waals surface area (Å²) in [5.74, 6) is -1.81. The highest BCUT2D eigenvalue weighted by Crippen LogP contribution is 2.38. The molecular formula is C11H6Cl2F3NO. The zero-order chi connectivity index (χ0) is 14.1. The first-order chi connectivity index (χ1) is 8.18. The average molecular weight is 296 g/mol. The van der Waals surface area contributed by atoms with E-state index in [1.54, 1.807) is 6.07 Å². The van der Waals surface area contributed by atoms with Crippen LogP contribution in [0, 0.1) is 11.3 Å². The van der Waals surface area contributed by atoms with E-state index in [9.17, 15) is 18.0 Å². The van der Waals surface area contributed by atoms with E-state index >= 15 is 0 Å². The van der Waals surface area contributed by atoms with Crippen LogP contribution in [0.25, 0.3) is 0 Å². The summed E-state index contributed by atoms with van der Waals surface area (Å²) < 4.78 is 37.4. The van der Waals surface area contributed by atoms with E-state index in [-0.39, 0.29) is 15.6 Å². The molecule has 96 valence electrons. The van der Waals surface area contributed by atoms with Crippen LogP contribution in [0.4, 0.5) is 13.2 Å². The van der Waals surface area contributed by atoms with Gasteiger partial charge in [-0.05, 0) is 19.1 Å². The molecule has 0 heterocycles. The quantitative estimate of drug-likeness (QED) is 0.820. The van der Waals surface area contributed by atoms with Gasteiger partial charge in [-0.1, -0.05) is 23.2 Å². The molecule has 0 saturated carbocycles. The van der Waals surface area contributed by atoms with Gasteiger partial charge in [-0.25, -0.2) is 0 Å². The van der Waals surface area contributed by atoms with Gasteiger partial charge in [0, 0.05) is 15.6 Å². The fourth-order valence-corrected chi connectivity index (χ4v) is 2.09. The number of hydrogen-bond donors (Lipinski definition) is 0. The number of rotatable bonds is 2. The maximum atomic E-state index is 12.5. The Morgan fingerprint density at radius 1 is 1.33 bits per heavy atom. The van der Waals surface area contributed by atoms with Crippen LogP contribution in [0.15, 0.2) is 12.1 Å². The molecule has 0 aliphatic carbocycles. The van der Waals surface area contributed by atoms with Crippen molar-refractivity contribution < 1.29 is 18.0 Å². The monoisotopic (exact) mass is 295 g/mol. The van der Waals surface area contributed by atoms with Crippen molar-refractivity contribution in [3.05, 3.63) is 33.3 Å². The van der Waals surface area contributed by atoms with Gasteiger partial charge >= 0.3 is 6.18 Å². The molecule has 0 bridgehead atoms. The number of Topliss-reactive ketones (excluding diaryl/α,β-unsaturated/α-hetero) is 1. The number of nitriles is 1. The van der Waals surface area contributed by atoms with E-state index in [0.29, 0.717) is 12.1 Å². The van der Waals surface area contributed by atoms with E-state index < -0.39 is 23.4 Å². The van der Waals surface area contributed by atoms with Crippen molar-refractivity contribution in [2.45, 2.75) is 19.0 Å².